The number of rotatable bonds is 10. The van der Waals surface area contributed by atoms with Crippen molar-refractivity contribution in [2.24, 2.45) is 0 Å². The van der Waals surface area contributed by atoms with Gasteiger partial charge in [-0.2, -0.15) is 0 Å². The lowest BCUT2D eigenvalue weighted by molar-refractivity contribution is 0.0724. The van der Waals surface area contributed by atoms with Crippen LogP contribution in [0.25, 0.3) is 0 Å². The third-order valence-electron chi connectivity index (χ3n) is 5.48. The molecule has 6 heteroatoms. The maximum atomic E-state index is 6.09. The highest BCUT2D eigenvalue weighted by Gasteiger charge is 2.44. The van der Waals surface area contributed by atoms with Gasteiger partial charge >= 0.3 is 8.80 Å². The summed E-state index contributed by atoms with van der Waals surface area (Å²) in [6.45, 7) is 17.6. The monoisotopic (exact) mass is 388 g/mol. The van der Waals surface area contributed by atoms with Crippen molar-refractivity contribution in [2.75, 3.05) is 19.8 Å². The normalized spacial score (nSPS) is 29.0. The molecule has 142 valence electrons. The van der Waals surface area contributed by atoms with Gasteiger partial charge in [-0.25, -0.2) is 0 Å². The molecule has 1 rings (SSSR count). The molecular formula is C18H40O3Si3. The third-order valence-corrected chi connectivity index (χ3v) is 21.2. The lowest BCUT2D eigenvalue weighted by atomic mass is 10.3. The van der Waals surface area contributed by atoms with E-state index in [4.69, 9.17) is 13.3 Å². The Labute approximate surface area is 153 Å². The van der Waals surface area contributed by atoms with Gasteiger partial charge in [-0.05, 0) is 20.8 Å². The zero-order valence-corrected chi connectivity index (χ0v) is 19.8. The van der Waals surface area contributed by atoms with Crippen LogP contribution in [-0.4, -0.2) is 44.8 Å². The first kappa shape index (κ1) is 22.3. The third kappa shape index (κ3) is 6.88. The molecule has 2 atom stereocenters. The average Bonchev–Trinajstić information content (AvgIpc) is 2.52. The second kappa shape index (κ2) is 10.4. The molecule has 0 amide bonds. The molecule has 1 aliphatic rings. The van der Waals surface area contributed by atoms with Crippen molar-refractivity contribution in [3.63, 3.8) is 0 Å². The Hall–Kier alpha value is 0.271. The Bertz CT molecular complexity index is 364. The van der Waals surface area contributed by atoms with Crippen LogP contribution in [0.1, 0.15) is 40.0 Å². The molecule has 0 spiro atoms. The molecule has 0 saturated carbocycles. The van der Waals surface area contributed by atoms with Crippen molar-refractivity contribution in [3.8, 4) is 0 Å². The van der Waals surface area contributed by atoms with E-state index in [1.165, 1.54) is 43.1 Å². The Morgan fingerprint density at radius 1 is 0.917 bits per heavy atom. The first-order valence-electron chi connectivity index (χ1n) is 9.92. The van der Waals surface area contributed by atoms with Gasteiger partial charge in [0.05, 0.1) is 8.07 Å². The standard InChI is InChI=1S/C18H40O3Si3/c1-7-19-24(20-8-2,21-9-3)17-16-23(6)15-13-11-12-14-22(5,10-4)18-23/h10H,4,7-9,11-18H2,1-3,5-6H3. The van der Waals surface area contributed by atoms with Gasteiger partial charge in [-0.3, -0.25) is 0 Å². The first-order chi connectivity index (χ1) is 11.4. The van der Waals surface area contributed by atoms with Crippen LogP contribution in [0.3, 0.4) is 0 Å². The van der Waals surface area contributed by atoms with Gasteiger partial charge in [0.15, 0.2) is 0 Å². The Balaban J connectivity index is 2.85. The lowest BCUT2D eigenvalue weighted by Crippen LogP contribution is -2.49. The predicted octanol–water partition coefficient (Wildman–Crippen LogP) is 5.64. The SMILES string of the molecule is C=C[Si]1(C)CCCCC[Si](C)(CC[Si](OCC)(OCC)OCC)C1. The molecular weight excluding hydrogens is 348 g/mol. The number of hydrogen-bond acceptors (Lipinski definition) is 3. The van der Waals surface area contributed by atoms with Crippen LogP contribution in [0, 0.1) is 0 Å². The van der Waals surface area contributed by atoms with Gasteiger partial charge in [0.25, 0.3) is 0 Å². The van der Waals surface area contributed by atoms with Crippen LogP contribution in [0.15, 0.2) is 12.3 Å². The fourth-order valence-electron chi connectivity index (χ4n) is 4.25. The lowest BCUT2D eigenvalue weighted by Gasteiger charge is -2.39. The smallest absolute Gasteiger partial charge is 0.374 e. The van der Waals surface area contributed by atoms with E-state index in [1.54, 1.807) is 0 Å². The summed E-state index contributed by atoms with van der Waals surface area (Å²) in [5, 5.41) is 0. The van der Waals surface area contributed by atoms with E-state index in [0.29, 0.717) is 19.8 Å². The quantitative estimate of drug-likeness (QED) is 0.453. The molecule has 0 bridgehead atoms. The van der Waals surface area contributed by atoms with Crippen LogP contribution in [0.4, 0.5) is 0 Å². The summed E-state index contributed by atoms with van der Waals surface area (Å²) < 4.78 is 18.3. The van der Waals surface area contributed by atoms with E-state index in [9.17, 15) is 0 Å². The summed E-state index contributed by atoms with van der Waals surface area (Å²) >= 11 is 0. The van der Waals surface area contributed by atoms with E-state index in [2.05, 4.69) is 46.1 Å². The molecule has 3 nitrogen and oxygen atoms in total. The molecule has 1 fully saturated rings. The minimum atomic E-state index is -2.49. The molecule has 0 aromatic heterocycles. The summed E-state index contributed by atoms with van der Waals surface area (Å²) in [5.41, 5.74) is 3.85. The maximum Gasteiger partial charge on any atom is 0.500 e. The minimum absolute atomic E-state index is 0.684. The first-order valence-corrected chi connectivity index (χ1v) is 18.0. The molecule has 24 heavy (non-hydrogen) atoms. The van der Waals surface area contributed by atoms with E-state index < -0.39 is 25.0 Å². The average molecular weight is 389 g/mol. The summed E-state index contributed by atoms with van der Waals surface area (Å²) in [7, 11) is -5.04. The van der Waals surface area contributed by atoms with Gasteiger partial charge in [0.1, 0.15) is 0 Å². The van der Waals surface area contributed by atoms with Gasteiger partial charge in [-0.1, -0.05) is 56.2 Å². The minimum Gasteiger partial charge on any atom is -0.374 e. The van der Waals surface area contributed by atoms with Crippen molar-refractivity contribution >= 4 is 25.0 Å². The Kier molecular flexibility index (Phi) is 9.69. The summed E-state index contributed by atoms with van der Waals surface area (Å²) in [6, 6.07) is 5.19. The van der Waals surface area contributed by atoms with Crippen LogP contribution in [0.2, 0.25) is 42.9 Å². The second-order valence-corrected chi connectivity index (χ2v) is 20.9. The van der Waals surface area contributed by atoms with Crippen LogP contribution >= 0.6 is 0 Å². The highest BCUT2D eigenvalue weighted by atomic mass is 28.4. The zero-order chi connectivity index (χ0) is 18.1. The van der Waals surface area contributed by atoms with Crippen molar-refractivity contribution in [1.82, 2.24) is 0 Å². The Morgan fingerprint density at radius 2 is 1.46 bits per heavy atom. The zero-order valence-electron chi connectivity index (χ0n) is 16.8. The van der Waals surface area contributed by atoms with Crippen LogP contribution < -0.4 is 0 Å². The highest BCUT2D eigenvalue weighted by Crippen LogP contribution is 2.37. The molecule has 0 aliphatic carbocycles. The van der Waals surface area contributed by atoms with E-state index >= 15 is 0 Å². The molecule has 2 unspecified atom stereocenters. The van der Waals surface area contributed by atoms with E-state index in [1.807, 2.05) is 0 Å². The molecule has 1 heterocycles. The summed E-state index contributed by atoms with van der Waals surface area (Å²) in [5.74, 6) is 0. The van der Waals surface area contributed by atoms with Gasteiger partial charge < -0.3 is 13.3 Å². The van der Waals surface area contributed by atoms with Crippen LogP contribution in [-0.2, 0) is 13.3 Å². The van der Waals surface area contributed by atoms with E-state index in [-0.39, 0.29) is 0 Å². The summed E-state index contributed by atoms with van der Waals surface area (Å²) in [4.78, 5) is 0. The number of hydrogen-bond donors (Lipinski definition) is 0. The molecule has 0 aromatic rings. The van der Waals surface area contributed by atoms with Crippen LogP contribution in [0.5, 0.6) is 0 Å². The highest BCUT2D eigenvalue weighted by molar-refractivity contribution is 6.98. The van der Waals surface area contributed by atoms with Gasteiger partial charge in [0.2, 0.25) is 0 Å². The Morgan fingerprint density at radius 3 is 1.96 bits per heavy atom. The second-order valence-electron chi connectivity index (χ2n) is 7.89. The van der Waals surface area contributed by atoms with Gasteiger partial charge in [-0.15, -0.1) is 12.3 Å². The van der Waals surface area contributed by atoms with E-state index in [0.717, 1.165) is 6.04 Å². The molecule has 1 saturated heterocycles. The largest absolute Gasteiger partial charge is 0.500 e. The van der Waals surface area contributed by atoms with Gasteiger partial charge in [0, 0.05) is 33.9 Å². The van der Waals surface area contributed by atoms with Crippen molar-refractivity contribution in [2.45, 2.75) is 83.0 Å². The fraction of sp³-hybridized carbons (Fsp3) is 0.889. The van der Waals surface area contributed by atoms with Crippen molar-refractivity contribution in [3.05, 3.63) is 12.3 Å². The van der Waals surface area contributed by atoms with Crippen molar-refractivity contribution < 1.29 is 13.3 Å². The maximum absolute atomic E-state index is 6.09. The van der Waals surface area contributed by atoms with Crippen molar-refractivity contribution in [1.29, 1.82) is 0 Å². The topological polar surface area (TPSA) is 27.7 Å². The summed E-state index contributed by atoms with van der Waals surface area (Å²) in [6.07, 6.45) is 4.23. The molecule has 0 aromatic carbocycles. The predicted molar refractivity (Wildman–Crippen MR) is 112 cm³/mol. The molecule has 0 radical (unpaired) electrons. The fourth-order valence-corrected chi connectivity index (χ4v) is 23.0. The molecule has 1 aliphatic heterocycles. The molecule has 0 N–H and O–H groups in total.